The molecule has 0 unspecified atom stereocenters. The van der Waals surface area contributed by atoms with Gasteiger partial charge in [-0.2, -0.15) is 0 Å². The molecular formula is C20H19NO2. The van der Waals surface area contributed by atoms with Crippen LogP contribution in [-0.4, -0.2) is 11.1 Å². The molecule has 2 aromatic rings. The van der Waals surface area contributed by atoms with E-state index in [2.05, 4.69) is 42.6 Å². The monoisotopic (exact) mass is 305 g/mol. The number of carboxylic acids is 1. The van der Waals surface area contributed by atoms with E-state index in [1.165, 1.54) is 11.1 Å². The number of hydrogen-bond acceptors (Lipinski definition) is 2. The van der Waals surface area contributed by atoms with Crippen molar-refractivity contribution in [2.24, 2.45) is 5.92 Å². The first kappa shape index (κ1) is 14.1. The number of carbonyl (C=O) groups is 1. The van der Waals surface area contributed by atoms with Gasteiger partial charge in [-0.25, -0.2) is 4.79 Å². The van der Waals surface area contributed by atoms with E-state index >= 15 is 0 Å². The topological polar surface area (TPSA) is 49.3 Å². The van der Waals surface area contributed by atoms with Gasteiger partial charge in [0.2, 0.25) is 0 Å². The summed E-state index contributed by atoms with van der Waals surface area (Å²) in [4.78, 5) is 11.6. The molecule has 116 valence electrons. The number of nitrogens with one attached hydrogen (secondary N) is 1. The van der Waals surface area contributed by atoms with E-state index in [-0.39, 0.29) is 6.04 Å². The van der Waals surface area contributed by atoms with Crippen LogP contribution in [0.1, 0.15) is 45.4 Å². The van der Waals surface area contributed by atoms with Crippen molar-refractivity contribution in [3.05, 3.63) is 76.9 Å². The Kier molecular flexibility index (Phi) is 3.22. The molecule has 2 aromatic carbocycles. The highest BCUT2D eigenvalue weighted by molar-refractivity contribution is 5.89. The van der Waals surface area contributed by atoms with E-state index in [9.17, 15) is 9.90 Å². The molecule has 0 saturated carbocycles. The predicted octanol–water partition coefficient (Wildman–Crippen LogP) is 4.52. The summed E-state index contributed by atoms with van der Waals surface area (Å²) in [7, 11) is 0. The highest BCUT2D eigenvalue weighted by Gasteiger charge is 2.39. The summed E-state index contributed by atoms with van der Waals surface area (Å²) in [6.45, 7) is 2.11. The van der Waals surface area contributed by atoms with Crippen LogP contribution in [0.5, 0.6) is 0 Å². The molecule has 0 amide bonds. The van der Waals surface area contributed by atoms with Crippen LogP contribution < -0.4 is 5.32 Å². The molecule has 0 aromatic heterocycles. The van der Waals surface area contributed by atoms with Gasteiger partial charge in [0.05, 0.1) is 11.6 Å². The molecule has 3 nitrogen and oxygen atoms in total. The summed E-state index contributed by atoms with van der Waals surface area (Å²) >= 11 is 0. The third-order valence-corrected chi connectivity index (χ3v) is 5.04. The molecule has 1 heterocycles. The fourth-order valence-electron chi connectivity index (χ4n) is 3.98. The number of carboxylic acid groups (broad SMARTS) is 1. The van der Waals surface area contributed by atoms with Crippen molar-refractivity contribution in [1.82, 2.24) is 0 Å². The Bertz CT molecular complexity index is 809. The SMILES string of the molecule is Cc1ccc2c(c1)[C@@H]1C=CC[C@H]1[C@H](c1ccccc1C(=O)O)N2. The third-order valence-electron chi connectivity index (χ3n) is 5.04. The van der Waals surface area contributed by atoms with E-state index < -0.39 is 5.97 Å². The maximum absolute atomic E-state index is 11.6. The zero-order valence-electron chi connectivity index (χ0n) is 13.0. The van der Waals surface area contributed by atoms with Gasteiger partial charge < -0.3 is 10.4 Å². The van der Waals surface area contributed by atoms with Crippen molar-refractivity contribution in [2.45, 2.75) is 25.3 Å². The number of fused-ring (bicyclic) bond motifs is 3. The fourth-order valence-corrected chi connectivity index (χ4v) is 3.98. The van der Waals surface area contributed by atoms with Crippen LogP contribution >= 0.6 is 0 Å². The van der Waals surface area contributed by atoms with Crippen LogP contribution in [0, 0.1) is 12.8 Å². The Hall–Kier alpha value is -2.55. The Morgan fingerprint density at radius 2 is 2.00 bits per heavy atom. The quantitative estimate of drug-likeness (QED) is 0.802. The zero-order chi connectivity index (χ0) is 16.0. The smallest absolute Gasteiger partial charge is 0.336 e. The number of hydrogen-bond donors (Lipinski definition) is 2. The van der Waals surface area contributed by atoms with E-state index in [1.807, 2.05) is 12.1 Å². The Balaban J connectivity index is 1.83. The number of anilines is 1. The van der Waals surface area contributed by atoms with Gasteiger partial charge in [0, 0.05) is 11.6 Å². The van der Waals surface area contributed by atoms with Crippen molar-refractivity contribution < 1.29 is 9.90 Å². The molecule has 0 spiro atoms. The normalized spacial score (nSPS) is 24.7. The van der Waals surface area contributed by atoms with Crippen molar-refractivity contribution in [1.29, 1.82) is 0 Å². The second-order valence-corrected chi connectivity index (χ2v) is 6.46. The van der Waals surface area contributed by atoms with Crippen LogP contribution in [0.25, 0.3) is 0 Å². The van der Waals surface area contributed by atoms with E-state index in [1.54, 1.807) is 12.1 Å². The summed E-state index contributed by atoms with van der Waals surface area (Å²) in [5.41, 5.74) is 4.98. The number of rotatable bonds is 2. The fraction of sp³-hybridized carbons (Fsp3) is 0.250. The zero-order valence-corrected chi connectivity index (χ0v) is 13.0. The first-order valence-corrected chi connectivity index (χ1v) is 8.01. The van der Waals surface area contributed by atoms with Gasteiger partial charge in [0.1, 0.15) is 0 Å². The van der Waals surface area contributed by atoms with Crippen LogP contribution in [0.2, 0.25) is 0 Å². The van der Waals surface area contributed by atoms with Gasteiger partial charge >= 0.3 is 5.97 Å². The Morgan fingerprint density at radius 1 is 1.17 bits per heavy atom. The summed E-state index contributed by atoms with van der Waals surface area (Å²) in [6, 6.07) is 13.8. The molecule has 2 aliphatic rings. The summed E-state index contributed by atoms with van der Waals surface area (Å²) in [5, 5.41) is 13.1. The maximum atomic E-state index is 11.6. The second-order valence-electron chi connectivity index (χ2n) is 6.46. The lowest BCUT2D eigenvalue weighted by molar-refractivity contribution is 0.0694. The van der Waals surface area contributed by atoms with Crippen molar-refractivity contribution >= 4 is 11.7 Å². The van der Waals surface area contributed by atoms with Crippen molar-refractivity contribution in [3.8, 4) is 0 Å². The van der Waals surface area contributed by atoms with Gasteiger partial charge in [0.25, 0.3) is 0 Å². The lowest BCUT2D eigenvalue weighted by atomic mass is 9.76. The molecule has 0 saturated heterocycles. The van der Waals surface area contributed by atoms with Crippen LogP contribution in [0.4, 0.5) is 5.69 Å². The highest BCUT2D eigenvalue weighted by Crippen LogP contribution is 2.50. The van der Waals surface area contributed by atoms with Crippen LogP contribution in [-0.2, 0) is 0 Å². The standard InChI is InChI=1S/C20H19NO2/c1-12-9-10-18-17(11-12)13-7-4-8-14(13)19(21-18)15-5-2-3-6-16(15)20(22)23/h2-7,9-11,13-14,19,21H,8H2,1H3,(H,22,23)/t13-,14-,19-/m1/s1. The molecule has 1 aliphatic heterocycles. The molecule has 0 fully saturated rings. The molecule has 0 bridgehead atoms. The minimum atomic E-state index is -0.861. The van der Waals surface area contributed by atoms with Gasteiger partial charge in [-0.3, -0.25) is 0 Å². The van der Waals surface area contributed by atoms with Crippen molar-refractivity contribution in [2.75, 3.05) is 5.32 Å². The predicted molar refractivity (Wildman–Crippen MR) is 90.9 cm³/mol. The van der Waals surface area contributed by atoms with Crippen molar-refractivity contribution in [3.63, 3.8) is 0 Å². The van der Waals surface area contributed by atoms with Gasteiger partial charge in [-0.05, 0) is 42.5 Å². The minimum Gasteiger partial charge on any atom is -0.478 e. The third kappa shape index (κ3) is 2.24. The second kappa shape index (κ2) is 5.27. The first-order chi connectivity index (χ1) is 11.1. The van der Waals surface area contributed by atoms with Gasteiger partial charge in [-0.15, -0.1) is 0 Å². The molecular weight excluding hydrogens is 286 g/mol. The van der Waals surface area contributed by atoms with E-state index in [4.69, 9.17) is 0 Å². The lowest BCUT2D eigenvalue weighted by Gasteiger charge is -2.38. The average molecular weight is 305 g/mol. The number of benzene rings is 2. The molecule has 0 radical (unpaired) electrons. The number of aromatic carboxylic acids is 1. The lowest BCUT2D eigenvalue weighted by Crippen LogP contribution is -2.30. The van der Waals surface area contributed by atoms with Gasteiger partial charge in [-0.1, -0.05) is 48.0 Å². The Labute approximate surface area is 135 Å². The number of allylic oxidation sites excluding steroid dienone is 2. The van der Waals surface area contributed by atoms with Crippen LogP contribution in [0.3, 0.4) is 0 Å². The minimum absolute atomic E-state index is 0.0255. The molecule has 4 rings (SSSR count). The van der Waals surface area contributed by atoms with Crippen LogP contribution in [0.15, 0.2) is 54.6 Å². The summed E-state index contributed by atoms with van der Waals surface area (Å²) in [6.07, 6.45) is 5.48. The van der Waals surface area contributed by atoms with E-state index in [0.29, 0.717) is 17.4 Å². The molecule has 23 heavy (non-hydrogen) atoms. The number of aryl methyl sites for hydroxylation is 1. The largest absolute Gasteiger partial charge is 0.478 e. The van der Waals surface area contributed by atoms with E-state index in [0.717, 1.165) is 17.7 Å². The molecule has 1 aliphatic carbocycles. The van der Waals surface area contributed by atoms with Gasteiger partial charge in [0.15, 0.2) is 0 Å². The highest BCUT2D eigenvalue weighted by atomic mass is 16.4. The molecule has 3 atom stereocenters. The first-order valence-electron chi connectivity index (χ1n) is 8.01. The molecule has 3 heteroatoms. The molecule has 2 N–H and O–H groups in total. The Morgan fingerprint density at radius 3 is 2.83 bits per heavy atom. The maximum Gasteiger partial charge on any atom is 0.336 e. The summed E-state index contributed by atoms with van der Waals surface area (Å²) in [5.74, 6) is -0.137. The average Bonchev–Trinajstić information content (AvgIpc) is 3.04. The summed E-state index contributed by atoms with van der Waals surface area (Å²) < 4.78 is 0.